The minimum Gasteiger partial charge on any atom is -0.493 e. The van der Waals surface area contributed by atoms with E-state index in [1.165, 1.54) is 21.3 Å². The van der Waals surface area contributed by atoms with Gasteiger partial charge in [0, 0.05) is 6.42 Å². The quantitative estimate of drug-likeness (QED) is 0.778. The van der Waals surface area contributed by atoms with Crippen LogP contribution in [0, 0.1) is 0 Å². The topological polar surface area (TPSA) is 90.9 Å². The lowest BCUT2D eigenvalue weighted by atomic mass is 10.0. The lowest BCUT2D eigenvalue weighted by molar-refractivity contribution is -0.122. The van der Waals surface area contributed by atoms with Gasteiger partial charge >= 0.3 is 0 Å². The van der Waals surface area contributed by atoms with Crippen LogP contribution in [0.5, 0.6) is 17.2 Å². The molecule has 1 aromatic rings. The molecule has 1 saturated heterocycles. The Morgan fingerprint density at radius 3 is 2.20 bits per heavy atom. The molecule has 8 heteroatoms. The predicted molar refractivity (Wildman–Crippen MR) is 94.2 cm³/mol. The molecule has 0 bridgehead atoms. The van der Waals surface area contributed by atoms with Crippen molar-refractivity contribution in [1.82, 2.24) is 5.32 Å². The number of rotatable bonds is 7. The van der Waals surface area contributed by atoms with Crippen LogP contribution in [0.4, 0.5) is 0 Å². The number of hydrogen-bond donors (Lipinski definition) is 1. The Morgan fingerprint density at radius 1 is 1.16 bits per heavy atom. The molecular formula is C17H25NO6S. The highest BCUT2D eigenvalue weighted by atomic mass is 32.2. The van der Waals surface area contributed by atoms with Gasteiger partial charge in [0.15, 0.2) is 21.3 Å². The van der Waals surface area contributed by atoms with Gasteiger partial charge in [-0.2, -0.15) is 0 Å². The van der Waals surface area contributed by atoms with E-state index >= 15 is 0 Å². The van der Waals surface area contributed by atoms with E-state index in [0.29, 0.717) is 30.1 Å². The Labute approximate surface area is 148 Å². The Balaban J connectivity index is 2.02. The van der Waals surface area contributed by atoms with Crippen molar-refractivity contribution in [2.75, 3.05) is 32.8 Å². The first-order valence-electron chi connectivity index (χ1n) is 8.02. The van der Waals surface area contributed by atoms with E-state index in [0.717, 1.165) is 5.56 Å². The van der Waals surface area contributed by atoms with Crippen molar-refractivity contribution in [3.05, 3.63) is 17.7 Å². The molecule has 1 aromatic carbocycles. The molecule has 0 aromatic heterocycles. The number of sulfone groups is 1. The highest BCUT2D eigenvalue weighted by Gasteiger charge is 2.39. The molecule has 1 fully saturated rings. The molecule has 0 saturated carbocycles. The monoisotopic (exact) mass is 371 g/mol. The zero-order valence-electron chi connectivity index (χ0n) is 15.0. The van der Waals surface area contributed by atoms with Crippen LogP contribution in [-0.2, 0) is 21.1 Å². The van der Waals surface area contributed by atoms with E-state index in [9.17, 15) is 13.2 Å². The second-order valence-corrected chi connectivity index (χ2v) is 8.67. The van der Waals surface area contributed by atoms with Crippen molar-refractivity contribution >= 4 is 15.7 Å². The van der Waals surface area contributed by atoms with E-state index in [1.807, 2.05) is 0 Å². The maximum absolute atomic E-state index is 12.2. The summed E-state index contributed by atoms with van der Waals surface area (Å²) < 4.78 is 39.1. The summed E-state index contributed by atoms with van der Waals surface area (Å²) in [4.78, 5) is 12.2. The van der Waals surface area contributed by atoms with Crippen LogP contribution in [-0.4, -0.2) is 52.7 Å². The van der Waals surface area contributed by atoms with E-state index < -0.39 is 15.4 Å². The number of carbonyl (C=O) groups excluding carboxylic acids is 1. The number of amides is 1. The highest BCUT2D eigenvalue weighted by Crippen LogP contribution is 2.38. The largest absolute Gasteiger partial charge is 0.493 e. The third-order valence-electron chi connectivity index (χ3n) is 4.31. The molecular weight excluding hydrogens is 346 g/mol. The van der Waals surface area contributed by atoms with Gasteiger partial charge in [-0.3, -0.25) is 4.79 Å². The van der Waals surface area contributed by atoms with Crippen LogP contribution in [0.2, 0.25) is 0 Å². The van der Waals surface area contributed by atoms with Crippen molar-refractivity contribution in [1.29, 1.82) is 0 Å². The average Bonchev–Trinajstić information content (AvgIpc) is 2.84. The third kappa shape index (κ3) is 4.78. The zero-order valence-corrected chi connectivity index (χ0v) is 15.9. The SMILES string of the molecule is COc1cc(CCC(=O)N[C@]2(C)CCS(=O)(=O)C2)cc(OC)c1OC. The minimum absolute atomic E-state index is 0.00405. The van der Waals surface area contributed by atoms with Crippen LogP contribution >= 0.6 is 0 Å². The van der Waals surface area contributed by atoms with E-state index in [2.05, 4.69) is 5.32 Å². The summed E-state index contributed by atoms with van der Waals surface area (Å²) in [6.45, 7) is 1.77. The number of methoxy groups -OCH3 is 3. The van der Waals surface area contributed by atoms with Crippen LogP contribution in [0.15, 0.2) is 12.1 Å². The lowest BCUT2D eigenvalue weighted by Crippen LogP contribution is -2.47. The van der Waals surface area contributed by atoms with Crippen LogP contribution < -0.4 is 19.5 Å². The molecule has 1 aliphatic rings. The standard InChI is InChI=1S/C17H25NO6S/c1-17(7-8-25(20,21)11-17)18-15(19)6-5-12-9-13(22-2)16(24-4)14(10-12)23-3/h9-10H,5-8,11H2,1-4H3,(H,18,19)/t17-/m1/s1. The smallest absolute Gasteiger partial charge is 0.220 e. The first kappa shape index (κ1) is 19.4. The Hall–Kier alpha value is -1.96. The molecule has 1 aliphatic heterocycles. The van der Waals surface area contributed by atoms with Gasteiger partial charge in [-0.1, -0.05) is 0 Å². The molecule has 0 unspecified atom stereocenters. The molecule has 0 radical (unpaired) electrons. The molecule has 0 spiro atoms. The van der Waals surface area contributed by atoms with Crippen LogP contribution in [0.1, 0.15) is 25.3 Å². The molecule has 1 atom stereocenters. The van der Waals surface area contributed by atoms with Gasteiger partial charge in [0.2, 0.25) is 11.7 Å². The second-order valence-electron chi connectivity index (χ2n) is 6.48. The van der Waals surface area contributed by atoms with Gasteiger partial charge in [-0.05, 0) is 37.5 Å². The molecule has 0 aliphatic carbocycles. The van der Waals surface area contributed by atoms with Gasteiger partial charge < -0.3 is 19.5 Å². The summed E-state index contributed by atoms with van der Waals surface area (Å²) in [7, 11) is 1.55. The van der Waals surface area contributed by atoms with Crippen LogP contribution in [0.3, 0.4) is 0 Å². The summed E-state index contributed by atoms with van der Waals surface area (Å²) in [5.41, 5.74) is 0.194. The van der Waals surface area contributed by atoms with Crippen molar-refractivity contribution in [3.63, 3.8) is 0 Å². The van der Waals surface area contributed by atoms with Crippen molar-refractivity contribution in [2.24, 2.45) is 0 Å². The van der Waals surface area contributed by atoms with Crippen molar-refractivity contribution in [2.45, 2.75) is 31.7 Å². The maximum Gasteiger partial charge on any atom is 0.220 e. The first-order valence-corrected chi connectivity index (χ1v) is 9.84. The fourth-order valence-corrected chi connectivity index (χ4v) is 5.14. The maximum atomic E-state index is 12.2. The predicted octanol–water partition coefficient (Wildman–Crippen LogP) is 1.34. The molecule has 140 valence electrons. The third-order valence-corrected chi connectivity index (χ3v) is 6.21. The molecule has 7 nitrogen and oxygen atoms in total. The molecule has 2 rings (SSSR count). The van der Waals surface area contributed by atoms with Gasteiger partial charge in [0.25, 0.3) is 0 Å². The zero-order chi connectivity index (χ0) is 18.7. The van der Waals surface area contributed by atoms with Gasteiger partial charge in [-0.25, -0.2) is 8.42 Å². The number of aryl methyl sites for hydroxylation is 1. The highest BCUT2D eigenvalue weighted by molar-refractivity contribution is 7.91. The van der Waals surface area contributed by atoms with E-state index in [-0.39, 0.29) is 23.8 Å². The van der Waals surface area contributed by atoms with E-state index in [1.54, 1.807) is 19.1 Å². The Morgan fingerprint density at radius 2 is 1.76 bits per heavy atom. The van der Waals surface area contributed by atoms with Gasteiger partial charge in [-0.15, -0.1) is 0 Å². The van der Waals surface area contributed by atoms with Crippen molar-refractivity contribution < 1.29 is 27.4 Å². The Bertz CT molecular complexity index is 721. The van der Waals surface area contributed by atoms with Gasteiger partial charge in [0.05, 0.1) is 38.4 Å². The van der Waals surface area contributed by atoms with Crippen LogP contribution in [0.25, 0.3) is 0 Å². The Kier molecular flexibility index (Phi) is 5.82. The summed E-state index contributed by atoms with van der Waals surface area (Å²) in [6.07, 6.45) is 1.17. The molecule has 1 amide bonds. The number of nitrogens with one attached hydrogen (secondary N) is 1. The lowest BCUT2D eigenvalue weighted by Gasteiger charge is -2.24. The molecule has 1 heterocycles. The number of hydrogen-bond acceptors (Lipinski definition) is 6. The van der Waals surface area contributed by atoms with Gasteiger partial charge in [0.1, 0.15) is 0 Å². The fourth-order valence-electron chi connectivity index (χ4n) is 3.05. The molecule has 1 N–H and O–H groups in total. The number of benzene rings is 1. The minimum atomic E-state index is -3.05. The summed E-state index contributed by atoms with van der Waals surface area (Å²) in [6, 6.07) is 3.60. The number of carbonyl (C=O) groups is 1. The number of ether oxygens (including phenoxy) is 3. The summed E-state index contributed by atoms with van der Waals surface area (Å²) in [5.74, 6) is 1.51. The summed E-state index contributed by atoms with van der Waals surface area (Å²) >= 11 is 0. The van der Waals surface area contributed by atoms with E-state index in [4.69, 9.17) is 14.2 Å². The first-order chi connectivity index (χ1) is 11.7. The summed E-state index contributed by atoms with van der Waals surface area (Å²) in [5, 5.41) is 2.86. The van der Waals surface area contributed by atoms with Crippen molar-refractivity contribution in [3.8, 4) is 17.2 Å². The molecule has 25 heavy (non-hydrogen) atoms. The normalized spacial score (nSPS) is 21.6. The second kappa shape index (κ2) is 7.51. The fraction of sp³-hybridized carbons (Fsp3) is 0.588. The average molecular weight is 371 g/mol.